The molecule has 1 heterocycles. The van der Waals surface area contributed by atoms with Crippen molar-refractivity contribution in [2.75, 3.05) is 11.1 Å². The SMILES string of the molecule is Cc1cc(OC(C)c2nnc(SCC(=O)Nc3ccc(F)cc3F)n2C)cc(C)c1Cl. The third-order valence-corrected chi connectivity index (χ3v) is 6.11. The van der Waals surface area contributed by atoms with Gasteiger partial charge in [0.1, 0.15) is 17.4 Å². The average molecular weight is 467 g/mol. The van der Waals surface area contributed by atoms with E-state index in [1.807, 2.05) is 32.9 Å². The molecule has 1 aromatic heterocycles. The number of ether oxygens (including phenoxy) is 1. The number of hydrogen-bond donors (Lipinski definition) is 1. The Morgan fingerprint density at radius 1 is 1.23 bits per heavy atom. The number of carbonyl (C=O) groups is 1. The lowest BCUT2D eigenvalue weighted by Gasteiger charge is -2.16. The highest BCUT2D eigenvalue weighted by molar-refractivity contribution is 7.99. The van der Waals surface area contributed by atoms with Crippen molar-refractivity contribution < 1.29 is 18.3 Å². The number of amides is 1. The second kappa shape index (κ2) is 9.65. The van der Waals surface area contributed by atoms with Crippen LogP contribution in [0.25, 0.3) is 0 Å². The third kappa shape index (κ3) is 5.54. The van der Waals surface area contributed by atoms with Crippen LogP contribution in [0.4, 0.5) is 14.5 Å². The lowest BCUT2D eigenvalue weighted by Crippen LogP contribution is -2.16. The Kier molecular flexibility index (Phi) is 7.17. The van der Waals surface area contributed by atoms with E-state index < -0.39 is 23.6 Å². The van der Waals surface area contributed by atoms with Crippen molar-refractivity contribution in [3.63, 3.8) is 0 Å². The summed E-state index contributed by atoms with van der Waals surface area (Å²) in [6.07, 6.45) is -0.394. The minimum atomic E-state index is -0.835. The predicted molar refractivity (Wildman–Crippen MR) is 117 cm³/mol. The van der Waals surface area contributed by atoms with Crippen LogP contribution in [0, 0.1) is 25.5 Å². The minimum absolute atomic E-state index is 0.0202. The molecule has 0 saturated heterocycles. The summed E-state index contributed by atoms with van der Waals surface area (Å²) in [6, 6.07) is 6.68. The number of aryl methyl sites for hydroxylation is 2. The number of rotatable bonds is 7. The molecule has 0 aliphatic heterocycles. The smallest absolute Gasteiger partial charge is 0.234 e. The number of nitrogens with one attached hydrogen (secondary N) is 1. The van der Waals surface area contributed by atoms with E-state index in [1.165, 1.54) is 6.07 Å². The van der Waals surface area contributed by atoms with Crippen LogP contribution in [0.2, 0.25) is 5.02 Å². The summed E-state index contributed by atoms with van der Waals surface area (Å²) in [5, 5.41) is 11.9. The molecule has 1 atom stereocenters. The molecule has 3 rings (SSSR count). The number of thioether (sulfide) groups is 1. The van der Waals surface area contributed by atoms with Gasteiger partial charge in [-0.2, -0.15) is 0 Å². The topological polar surface area (TPSA) is 69.0 Å². The van der Waals surface area contributed by atoms with Gasteiger partial charge in [0.05, 0.1) is 11.4 Å². The van der Waals surface area contributed by atoms with Crippen molar-refractivity contribution in [1.29, 1.82) is 0 Å². The predicted octanol–water partition coefficient (Wildman–Crippen LogP) is 5.23. The monoisotopic (exact) mass is 466 g/mol. The van der Waals surface area contributed by atoms with Gasteiger partial charge in [-0.3, -0.25) is 4.79 Å². The standard InChI is InChI=1S/C21H21ClF2N4O2S/c1-11-7-15(8-12(2)19(11)22)30-13(3)20-26-27-21(28(20)4)31-10-18(29)25-17-6-5-14(23)9-16(17)24/h5-9,13H,10H2,1-4H3,(H,25,29). The molecule has 0 aliphatic carbocycles. The largest absolute Gasteiger partial charge is 0.483 e. The van der Waals surface area contributed by atoms with Crippen LogP contribution in [0.15, 0.2) is 35.5 Å². The maximum atomic E-state index is 13.7. The van der Waals surface area contributed by atoms with Crippen LogP contribution in [-0.2, 0) is 11.8 Å². The molecule has 0 bridgehead atoms. The van der Waals surface area contributed by atoms with Crippen molar-refractivity contribution in [2.45, 2.75) is 32.0 Å². The van der Waals surface area contributed by atoms with E-state index in [4.69, 9.17) is 16.3 Å². The zero-order valence-corrected chi connectivity index (χ0v) is 18.9. The quantitative estimate of drug-likeness (QED) is 0.482. The molecule has 10 heteroatoms. The van der Waals surface area contributed by atoms with Gasteiger partial charge in [-0.25, -0.2) is 8.78 Å². The number of carbonyl (C=O) groups excluding carboxylic acids is 1. The van der Waals surface area contributed by atoms with Gasteiger partial charge in [-0.1, -0.05) is 23.4 Å². The molecule has 6 nitrogen and oxygen atoms in total. The third-order valence-electron chi connectivity index (χ3n) is 4.49. The van der Waals surface area contributed by atoms with Gasteiger partial charge >= 0.3 is 0 Å². The highest BCUT2D eigenvalue weighted by Crippen LogP contribution is 2.29. The molecule has 0 radical (unpaired) electrons. The lowest BCUT2D eigenvalue weighted by atomic mass is 10.1. The van der Waals surface area contributed by atoms with E-state index in [9.17, 15) is 13.6 Å². The van der Waals surface area contributed by atoms with E-state index in [-0.39, 0.29) is 11.4 Å². The molecule has 0 aliphatic rings. The van der Waals surface area contributed by atoms with E-state index in [0.717, 1.165) is 29.0 Å². The second-order valence-corrected chi connectivity index (χ2v) is 8.31. The van der Waals surface area contributed by atoms with Crippen LogP contribution in [-0.4, -0.2) is 26.4 Å². The van der Waals surface area contributed by atoms with Gasteiger partial charge in [-0.15, -0.1) is 10.2 Å². The van der Waals surface area contributed by atoms with Crippen molar-refractivity contribution in [3.8, 4) is 5.75 Å². The summed E-state index contributed by atoms with van der Waals surface area (Å²) < 4.78 is 34.4. The van der Waals surface area contributed by atoms with E-state index >= 15 is 0 Å². The summed E-state index contributed by atoms with van der Waals surface area (Å²) in [5.41, 5.74) is 1.75. The Labute approximate surface area is 188 Å². The van der Waals surface area contributed by atoms with Crippen LogP contribution < -0.4 is 10.1 Å². The molecule has 164 valence electrons. The van der Waals surface area contributed by atoms with Gasteiger partial charge in [0.25, 0.3) is 0 Å². The normalized spacial score (nSPS) is 12.0. The fourth-order valence-corrected chi connectivity index (χ4v) is 3.77. The summed E-state index contributed by atoms with van der Waals surface area (Å²) in [5.74, 6) is -0.762. The van der Waals surface area contributed by atoms with E-state index in [0.29, 0.717) is 27.8 Å². The summed E-state index contributed by atoms with van der Waals surface area (Å²) in [6.45, 7) is 5.67. The first-order chi connectivity index (χ1) is 14.7. The molecular formula is C21H21ClF2N4O2S. The molecule has 1 N–H and O–H groups in total. The molecule has 31 heavy (non-hydrogen) atoms. The molecule has 1 amide bonds. The second-order valence-electron chi connectivity index (χ2n) is 6.99. The zero-order chi connectivity index (χ0) is 22.7. The summed E-state index contributed by atoms with van der Waals surface area (Å²) in [4.78, 5) is 12.1. The van der Waals surface area contributed by atoms with E-state index in [1.54, 1.807) is 11.6 Å². The van der Waals surface area contributed by atoms with Crippen LogP contribution in [0.5, 0.6) is 5.75 Å². The molecule has 1 unspecified atom stereocenters. The fourth-order valence-electron chi connectivity index (χ4n) is 2.94. The highest BCUT2D eigenvalue weighted by Gasteiger charge is 2.19. The van der Waals surface area contributed by atoms with Gasteiger partial charge < -0.3 is 14.6 Å². The maximum absolute atomic E-state index is 13.7. The molecule has 2 aromatic carbocycles. The Bertz CT molecular complexity index is 1100. The van der Waals surface area contributed by atoms with Gasteiger partial charge in [0.15, 0.2) is 17.1 Å². The van der Waals surface area contributed by atoms with Crippen molar-refractivity contribution in [1.82, 2.24) is 14.8 Å². The lowest BCUT2D eigenvalue weighted by molar-refractivity contribution is -0.113. The molecule has 0 spiro atoms. The molecule has 0 fully saturated rings. The van der Waals surface area contributed by atoms with Crippen LogP contribution in [0.1, 0.15) is 30.0 Å². The zero-order valence-electron chi connectivity index (χ0n) is 17.4. The number of nitrogens with zero attached hydrogens (tertiary/aromatic N) is 3. The van der Waals surface area contributed by atoms with Gasteiger partial charge in [0.2, 0.25) is 5.91 Å². The van der Waals surface area contributed by atoms with Gasteiger partial charge in [0, 0.05) is 18.1 Å². The fraction of sp³-hybridized carbons (Fsp3) is 0.286. The maximum Gasteiger partial charge on any atom is 0.234 e. The van der Waals surface area contributed by atoms with Crippen molar-refractivity contribution in [2.24, 2.45) is 7.05 Å². The Hall–Kier alpha value is -2.65. The van der Waals surface area contributed by atoms with Crippen molar-refractivity contribution in [3.05, 3.63) is 63.9 Å². The number of halogens is 3. The van der Waals surface area contributed by atoms with E-state index in [2.05, 4.69) is 15.5 Å². The number of benzene rings is 2. The van der Waals surface area contributed by atoms with Crippen molar-refractivity contribution >= 4 is 35.0 Å². The highest BCUT2D eigenvalue weighted by atomic mass is 35.5. The number of aromatic nitrogens is 3. The first-order valence-electron chi connectivity index (χ1n) is 9.36. The Balaban J connectivity index is 1.62. The number of hydrogen-bond acceptors (Lipinski definition) is 5. The Morgan fingerprint density at radius 3 is 2.55 bits per heavy atom. The van der Waals surface area contributed by atoms with Crippen LogP contribution >= 0.6 is 23.4 Å². The first-order valence-corrected chi connectivity index (χ1v) is 10.7. The average Bonchev–Trinajstić information content (AvgIpc) is 3.07. The molecule has 3 aromatic rings. The minimum Gasteiger partial charge on any atom is -0.483 e. The first kappa shape index (κ1) is 23.0. The summed E-state index contributed by atoms with van der Waals surface area (Å²) >= 11 is 7.35. The Morgan fingerprint density at radius 2 is 1.90 bits per heavy atom. The molecular weight excluding hydrogens is 446 g/mol. The van der Waals surface area contributed by atoms with Crippen LogP contribution in [0.3, 0.4) is 0 Å². The molecule has 0 saturated carbocycles. The summed E-state index contributed by atoms with van der Waals surface area (Å²) in [7, 11) is 1.77. The van der Waals surface area contributed by atoms with Gasteiger partial charge in [-0.05, 0) is 56.2 Å². The number of anilines is 1.